The fraction of sp³-hybridized carbons (Fsp3) is 0.609. The van der Waals surface area contributed by atoms with Crippen molar-refractivity contribution in [3.63, 3.8) is 0 Å². The Morgan fingerprint density at radius 2 is 0.991 bits per heavy atom. The second kappa shape index (κ2) is 30.3. The number of benzene rings is 2. The molecule has 8 bridgehead atoms. The number of piperazine rings is 1. The highest BCUT2D eigenvalue weighted by Crippen LogP contribution is 2.73. The number of Topliss-reactive ketones (excluding diaryl/α,β-unsaturated/α-hetero) is 4. The minimum atomic E-state index is -1.54. The number of phenolic OH excluding ortho intramolecular Hbond substituents is 2. The predicted molar refractivity (Wildman–Crippen MR) is 432 cm³/mol. The van der Waals surface area contributed by atoms with E-state index in [1.165, 1.54) is 18.2 Å². The van der Waals surface area contributed by atoms with Gasteiger partial charge in [-0.1, -0.05) is 64.8 Å². The molecule has 9 heterocycles. The number of nitrogens with zero attached hydrogens (tertiary/aromatic N) is 4. The fourth-order valence-corrected chi connectivity index (χ4v) is 21.2. The van der Waals surface area contributed by atoms with Crippen molar-refractivity contribution in [2.75, 3.05) is 66.5 Å². The smallest absolute Gasteiger partial charge is 0.249 e. The van der Waals surface area contributed by atoms with Gasteiger partial charge in [0.25, 0.3) is 0 Å². The molecule has 600 valence electrons. The molecular weight excluding hydrogens is 1400 g/mol. The molecule has 12 atom stereocenters. The molecule has 4 N–H and O–H groups in total. The number of carbonyl (C=O) groups is 6. The molecule has 2 aromatic rings. The van der Waals surface area contributed by atoms with Crippen molar-refractivity contribution in [2.45, 2.75) is 264 Å². The quantitative estimate of drug-likeness (QED) is 0.0986. The fourth-order valence-electron chi connectivity index (χ4n) is 21.2. The number of aromatic hydroxyl groups is 2. The van der Waals surface area contributed by atoms with E-state index < -0.39 is 68.6 Å². The van der Waals surface area contributed by atoms with Crippen molar-refractivity contribution < 1.29 is 67.4 Å². The maximum absolute atomic E-state index is 15.9. The van der Waals surface area contributed by atoms with Gasteiger partial charge in [0.1, 0.15) is 56.8 Å². The van der Waals surface area contributed by atoms with Gasteiger partial charge in [-0.15, -0.1) is 0 Å². The van der Waals surface area contributed by atoms with Crippen LogP contribution in [0.1, 0.15) is 244 Å². The number of piperidine rings is 2. The molecule has 4 saturated carbocycles. The number of hydrogen-bond acceptors (Lipinski definition) is 17. The largest absolute Gasteiger partial charge is 0.506 e. The van der Waals surface area contributed by atoms with Crippen molar-refractivity contribution in [3.8, 4) is 34.5 Å². The molecule has 2 amide bonds. The van der Waals surface area contributed by atoms with Gasteiger partial charge in [0.15, 0.2) is 45.5 Å². The van der Waals surface area contributed by atoms with Gasteiger partial charge in [0, 0.05) is 123 Å². The van der Waals surface area contributed by atoms with E-state index in [0.29, 0.717) is 95.0 Å². The molecule has 0 radical (unpaired) electrons. The molecule has 2 spiro atoms. The molecule has 2 aromatic carbocycles. The first kappa shape index (κ1) is 81.3. The van der Waals surface area contributed by atoms with Crippen LogP contribution in [0.3, 0.4) is 0 Å². The van der Waals surface area contributed by atoms with E-state index in [4.69, 9.17) is 28.4 Å². The lowest BCUT2D eigenvalue weighted by Gasteiger charge is -2.65. The molecule has 15 aliphatic rings. The highest BCUT2D eigenvalue weighted by atomic mass is 16.6. The van der Waals surface area contributed by atoms with Gasteiger partial charge in [0.2, 0.25) is 11.8 Å². The molecule has 12 unspecified atom stereocenters. The van der Waals surface area contributed by atoms with Crippen LogP contribution in [0.25, 0.3) is 12.2 Å². The van der Waals surface area contributed by atoms with E-state index in [1.54, 1.807) is 13.0 Å². The van der Waals surface area contributed by atoms with Gasteiger partial charge in [-0.05, 0) is 239 Å². The van der Waals surface area contributed by atoms with E-state index >= 15 is 9.59 Å². The summed E-state index contributed by atoms with van der Waals surface area (Å²) in [6.45, 7) is 38.1. The second-order valence-corrected chi connectivity index (χ2v) is 36.4. The van der Waals surface area contributed by atoms with Crippen molar-refractivity contribution >= 4 is 47.1 Å². The first-order chi connectivity index (χ1) is 52.5. The van der Waals surface area contributed by atoms with Crippen molar-refractivity contribution in [3.05, 3.63) is 127 Å². The van der Waals surface area contributed by atoms with Crippen LogP contribution in [0.5, 0.6) is 34.5 Å². The summed E-state index contributed by atoms with van der Waals surface area (Å²) in [5.41, 5.74) is 4.32. The number of amides is 2. The Morgan fingerprint density at radius 1 is 0.532 bits per heavy atom. The average molecular weight is 1520 g/mol. The maximum atomic E-state index is 15.9. The summed E-state index contributed by atoms with van der Waals surface area (Å²) in [4.78, 5) is 96.8. The van der Waals surface area contributed by atoms with Crippen LogP contribution in [0.4, 0.5) is 0 Å². The summed E-state index contributed by atoms with van der Waals surface area (Å²) in [7, 11) is 3.60. The Kier molecular flexibility index (Phi) is 22.2. The maximum Gasteiger partial charge on any atom is 0.249 e. The Morgan fingerprint density at radius 3 is 1.49 bits per heavy atom. The molecule has 6 aliphatic carbocycles. The first-order valence-corrected chi connectivity index (χ1v) is 41.2. The summed E-state index contributed by atoms with van der Waals surface area (Å²) < 4.78 is 42.9. The third-order valence-electron chi connectivity index (χ3n) is 26.8. The number of likely N-dealkylation sites (tertiary alicyclic amines) is 2. The molecule has 9 aliphatic heterocycles. The van der Waals surface area contributed by atoms with Crippen molar-refractivity contribution in [2.24, 2.45) is 35.3 Å². The molecule has 9 fully saturated rings. The summed E-state index contributed by atoms with van der Waals surface area (Å²) in [6, 6.07) is -0.425. The zero-order valence-corrected chi connectivity index (χ0v) is 69.4. The number of hydrogen-bond donors (Lipinski definition) is 3. The number of rotatable bonds is 17. The molecule has 5 saturated heterocycles. The number of nitrogens with two attached hydrogens (primary N) is 1. The highest BCUT2D eigenvalue weighted by molar-refractivity contribution is 6.19. The number of likely N-dealkylation sites (N-methyl/N-ethyl adjacent to an activating group) is 1. The van der Waals surface area contributed by atoms with Crippen LogP contribution in [0.2, 0.25) is 0 Å². The Labute approximate surface area is 658 Å². The zero-order chi connectivity index (χ0) is 80.2. The molecule has 111 heavy (non-hydrogen) atoms. The number of allylic oxidation sites excluding steroid dienone is 9. The molecule has 0 aromatic heterocycles. The van der Waals surface area contributed by atoms with Crippen LogP contribution in [-0.4, -0.2) is 182 Å². The minimum absolute atomic E-state index is 0.0212. The Balaban J connectivity index is 0.000000192. The molecule has 19 heteroatoms. The SMILES string of the molecule is CC(C)=CCCC1(C)C=Cc2c(O)c3c(c(CC=C(C)C)c2O1)OC12C(=CC4CC1C(C)(C)OC2(C/C=C(/C)C(=O)N1CCCCC1)C4=O)C3=O.CC(C)=CCCC1(C)C=Cc2c(O)c3c(c(CC=C(C)C)c2O1)OC12C(C3=O)C(N3CCN(C)CC3)C3CC1C(C)(C)OC2(C/C=C(/C)C(=O)N1CCCCC1)C3=O.CN. The standard InChI is InChI=1S/C48H65N3O7.C43H53NO7.CH5N/c1-29(2)14-13-19-46(8)20-18-32-39(52)36-40(53)37-38(50-26-24-49(9)25-27-50)34-28-35-45(6,7)58-47(43(34)54,21-17-31(5)44(55)51-22-11-10-12-23-51)48(35,37)57-42(36)33(41(32)56-46)16-15-30(3)4;1-25(2)13-12-18-41(8)19-17-29-34(45)33-35(46)31-23-28-24-32-40(6,7)51-42(38(28)47,20-16-27(5)39(48)44-21-10-9-11-22-44)43(31,32)50-37(33)30(36(29)49-41)15-14-26(3)4;1-2/h14-15,17-18,20,34-35,37-38,52H,10-13,16,19,21-28H2,1-9H3;13-14,16-17,19,23,28,32,45H,9-12,15,18,20-22,24H2,1-8H3;2H2,1H3/b31-17-;27-16-;. The number of carbonyl (C=O) groups excluding carboxylic acids is 6. The topological polar surface area (TPSA) is 237 Å². The number of ether oxygens (including phenoxy) is 6. The van der Waals surface area contributed by atoms with E-state index in [-0.39, 0.29) is 88.0 Å². The lowest BCUT2D eigenvalue weighted by atomic mass is 9.44. The van der Waals surface area contributed by atoms with Crippen molar-refractivity contribution in [1.29, 1.82) is 0 Å². The third kappa shape index (κ3) is 13.5. The predicted octanol–water partition coefficient (Wildman–Crippen LogP) is 15.2. The normalized spacial score (nSPS) is 32.0. The van der Waals surface area contributed by atoms with E-state index in [2.05, 4.69) is 81.5 Å². The zero-order valence-electron chi connectivity index (χ0n) is 69.4. The van der Waals surface area contributed by atoms with Gasteiger partial charge in [-0.25, -0.2) is 0 Å². The van der Waals surface area contributed by atoms with Crippen molar-refractivity contribution in [1.82, 2.24) is 19.6 Å². The summed E-state index contributed by atoms with van der Waals surface area (Å²) in [5.74, 6) is -2.00. The lowest BCUT2D eigenvalue weighted by Crippen LogP contribution is -2.82. The number of fused-ring (bicyclic) bond motifs is 4. The van der Waals surface area contributed by atoms with E-state index in [9.17, 15) is 29.4 Å². The lowest BCUT2D eigenvalue weighted by molar-refractivity contribution is -0.214. The van der Waals surface area contributed by atoms with Gasteiger partial charge in [-0.3, -0.25) is 33.7 Å². The van der Waals surface area contributed by atoms with E-state index in [0.717, 1.165) is 115 Å². The van der Waals surface area contributed by atoms with Crippen LogP contribution < -0.4 is 24.7 Å². The van der Waals surface area contributed by atoms with Crippen LogP contribution >= 0.6 is 0 Å². The van der Waals surface area contributed by atoms with Gasteiger partial charge >= 0.3 is 0 Å². The third-order valence-corrected chi connectivity index (χ3v) is 26.8. The number of phenols is 2. The van der Waals surface area contributed by atoms with Gasteiger partial charge in [-0.2, -0.15) is 0 Å². The molecular formula is C92H123N5O14. The first-order valence-electron chi connectivity index (χ1n) is 41.2. The number of ketones is 4. The summed E-state index contributed by atoms with van der Waals surface area (Å²) in [5, 5.41) is 24.3. The van der Waals surface area contributed by atoms with Crippen LogP contribution in [-0.2, 0) is 41.5 Å². The average Bonchev–Trinajstić information content (AvgIpc) is 1.52. The Hall–Kier alpha value is -7.68. The monoisotopic (exact) mass is 1520 g/mol. The highest BCUT2D eigenvalue weighted by Gasteiger charge is 2.86. The van der Waals surface area contributed by atoms with Gasteiger partial charge in [0.05, 0.1) is 28.2 Å². The summed E-state index contributed by atoms with van der Waals surface area (Å²) in [6.07, 6.45) is 33.0. The molecule has 17 rings (SSSR count). The van der Waals surface area contributed by atoms with Crippen LogP contribution in [0.15, 0.2) is 93.7 Å². The van der Waals surface area contributed by atoms with Gasteiger partial charge < -0.3 is 59.1 Å². The molecule has 19 nitrogen and oxygen atoms in total. The second-order valence-electron chi connectivity index (χ2n) is 36.4. The van der Waals surface area contributed by atoms with E-state index in [1.807, 2.05) is 115 Å². The summed E-state index contributed by atoms with van der Waals surface area (Å²) >= 11 is 0. The Bertz CT molecular complexity index is 4430. The van der Waals surface area contributed by atoms with Crippen LogP contribution in [0, 0.1) is 29.6 Å². The minimum Gasteiger partial charge on any atom is -0.506 e.